The number of alkyl halides is 2. The van der Waals surface area contributed by atoms with Gasteiger partial charge in [-0.05, 0) is 19.3 Å². The molecule has 0 bridgehead atoms. The maximum Gasteiger partial charge on any atom is 0.261 e. The number of hydrogen-bond donors (Lipinski definition) is 1. The summed E-state index contributed by atoms with van der Waals surface area (Å²) in [5.74, 6) is 0.0820. The highest BCUT2D eigenvalue weighted by Crippen LogP contribution is 2.07. The van der Waals surface area contributed by atoms with E-state index in [-0.39, 0.29) is 19.1 Å². The molecule has 1 rings (SSSR count). The molecule has 1 saturated heterocycles. The zero-order chi connectivity index (χ0) is 12.5. The number of carbonyl (C=O) groups is 1. The normalized spacial score (nSPS) is 16.5. The van der Waals surface area contributed by atoms with Crippen LogP contribution in [0.25, 0.3) is 0 Å². The van der Waals surface area contributed by atoms with Gasteiger partial charge in [0.1, 0.15) is 6.61 Å². The van der Waals surface area contributed by atoms with Crippen molar-refractivity contribution in [2.24, 2.45) is 0 Å². The minimum Gasteiger partial charge on any atom is -0.374 e. The molecule has 0 aliphatic carbocycles. The van der Waals surface area contributed by atoms with E-state index in [4.69, 9.17) is 0 Å². The van der Waals surface area contributed by atoms with Crippen molar-refractivity contribution < 1.29 is 18.3 Å². The molecule has 0 radical (unpaired) electrons. The smallest absolute Gasteiger partial charge is 0.261 e. The fourth-order valence-corrected chi connectivity index (χ4v) is 1.77. The third-order valence-electron chi connectivity index (χ3n) is 2.65. The molecule has 0 saturated carbocycles. The van der Waals surface area contributed by atoms with Gasteiger partial charge in [0.15, 0.2) is 0 Å². The van der Waals surface area contributed by atoms with E-state index in [0.29, 0.717) is 6.54 Å². The van der Waals surface area contributed by atoms with Gasteiger partial charge < -0.3 is 15.0 Å². The van der Waals surface area contributed by atoms with E-state index in [9.17, 15) is 13.6 Å². The summed E-state index contributed by atoms with van der Waals surface area (Å²) in [7, 11) is 0. The predicted molar refractivity (Wildman–Crippen MR) is 60.1 cm³/mol. The van der Waals surface area contributed by atoms with Crippen LogP contribution in [0.2, 0.25) is 0 Å². The number of piperidine rings is 1. The van der Waals surface area contributed by atoms with Crippen LogP contribution in [0.15, 0.2) is 0 Å². The SMILES string of the molecule is O=C(CNCCOCC(F)F)N1CCCCC1. The van der Waals surface area contributed by atoms with Crippen molar-refractivity contribution in [1.82, 2.24) is 10.2 Å². The molecule has 0 aromatic heterocycles. The van der Waals surface area contributed by atoms with Crippen LogP contribution in [-0.2, 0) is 9.53 Å². The Morgan fingerprint density at radius 2 is 2.00 bits per heavy atom. The van der Waals surface area contributed by atoms with Crippen molar-refractivity contribution >= 4 is 5.91 Å². The molecule has 6 heteroatoms. The van der Waals surface area contributed by atoms with Gasteiger partial charge in [0.2, 0.25) is 5.91 Å². The first-order valence-corrected chi connectivity index (χ1v) is 6.04. The number of halogens is 2. The first kappa shape index (κ1) is 14.3. The maximum atomic E-state index is 11.7. The number of ether oxygens (including phenoxy) is 1. The van der Waals surface area contributed by atoms with Gasteiger partial charge in [-0.1, -0.05) is 0 Å². The van der Waals surface area contributed by atoms with E-state index in [1.807, 2.05) is 4.90 Å². The minimum atomic E-state index is -2.43. The molecule has 0 aromatic carbocycles. The summed E-state index contributed by atoms with van der Waals surface area (Å²) in [5.41, 5.74) is 0. The topological polar surface area (TPSA) is 41.6 Å². The van der Waals surface area contributed by atoms with E-state index in [1.54, 1.807) is 0 Å². The summed E-state index contributed by atoms with van der Waals surface area (Å²) in [4.78, 5) is 13.5. The van der Waals surface area contributed by atoms with E-state index in [2.05, 4.69) is 10.1 Å². The van der Waals surface area contributed by atoms with Crippen LogP contribution < -0.4 is 5.32 Å². The van der Waals surface area contributed by atoms with E-state index in [0.717, 1.165) is 25.9 Å². The van der Waals surface area contributed by atoms with Gasteiger partial charge >= 0.3 is 0 Å². The summed E-state index contributed by atoms with van der Waals surface area (Å²) >= 11 is 0. The Morgan fingerprint density at radius 1 is 1.29 bits per heavy atom. The van der Waals surface area contributed by atoms with Crippen LogP contribution in [0, 0.1) is 0 Å². The number of hydrogen-bond acceptors (Lipinski definition) is 3. The lowest BCUT2D eigenvalue weighted by molar-refractivity contribution is -0.131. The molecule has 1 heterocycles. The van der Waals surface area contributed by atoms with Gasteiger partial charge in [-0.2, -0.15) is 0 Å². The van der Waals surface area contributed by atoms with Crippen molar-refractivity contribution in [3.8, 4) is 0 Å². The van der Waals surface area contributed by atoms with Gasteiger partial charge in [0.05, 0.1) is 13.2 Å². The van der Waals surface area contributed by atoms with Crippen LogP contribution in [0.5, 0.6) is 0 Å². The van der Waals surface area contributed by atoms with Crippen molar-refractivity contribution in [3.05, 3.63) is 0 Å². The fraction of sp³-hybridized carbons (Fsp3) is 0.909. The first-order valence-electron chi connectivity index (χ1n) is 6.04. The van der Waals surface area contributed by atoms with Crippen molar-refractivity contribution in [2.75, 3.05) is 39.4 Å². The molecular formula is C11H20F2N2O2. The summed E-state index contributed by atoms with van der Waals surface area (Å²) in [5, 5.41) is 2.90. The molecule has 0 spiro atoms. The van der Waals surface area contributed by atoms with E-state index < -0.39 is 13.0 Å². The van der Waals surface area contributed by atoms with Crippen LogP contribution >= 0.6 is 0 Å². The summed E-state index contributed by atoms with van der Waals surface area (Å²) in [6, 6.07) is 0. The Bertz CT molecular complexity index is 222. The van der Waals surface area contributed by atoms with Crippen LogP contribution in [0.1, 0.15) is 19.3 Å². The Balaban J connectivity index is 1.96. The standard InChI is InChI=1S/C11H20F2N2O2/c12-10(13)9-17-7-4-14-8-11(16)15-5-2-1-3-6-15/h10,14H,1-9H2. The van der Waals surface area contributed by atoms with Gasteiger partial charge in [0.25, 0.3) is 6.43 Å². The molecule has 4 nitrogen and oxygen atoms in total. The highest BCUT2D eigenvalue weighted by Gasteiger charge is 2.15. The molecular weight excluding hydrogens is 230 g/mol. The first-order chi connectivity index (χ1) is 8.20. The second-order valence-electron chi connectivity index (χ2n) is 4.08. The zero-order valence-electron chi connectivity index (χ0n) is 9.96. The highest BCUT2D eigenvalue weighted by molar-refractivity contribution is 5.78. The second-order valence-corrected chi connectivity index (χ2v) is 4.08. The predicted octanol–water partition coefficient (Wildman–Crippen LogP) is 0.870. The fourth-order valence-electron chi connectivity index (χ4n) is 1.77. The molecule has 0 atom stereocenters. The number of nitrogens with one attached hydrogen (secondary N) is 1. The molecule has 17 heavy (non-hydrogen) atoms. The van der Waals surface area contributed by atoms with Crippen molar-refractivity contribution in [2.45, 2.75) is 25.7 Å². The van der Waals surface area contributed by atoms with Crippen LogP contribution in [0.3, 0.4) is 0 Å². The Morgan fingerprint density at radius 3 is 2.65 bits per heavy atom. The summed E-state index contributed by atoms with van der Waals surface area (Å²) in [6.07, 6.45) is 0.913. The monoisotopic (exact) mass is 250 g/mol. The van der Waals surface area contributed by atoms with Crippen LogP contribution in [-0.4, -0.2) is 56.6 Å². The lowest BCUT2D eigenvalue weighted by atomic mass is 10.1. The Labute approximate surface area is 100 Å². The quantitative estimate of drug-likeness (QED) is 0.682. The maximum absolute atomic E-state index is 11.7. The van der Waals surface area contributed by atoms with Gasteiger partial charge in [-0.25, -0.2) is 8.78 Å². The van der Waals surface area contributed by atoms with Gasteiger partial charge in [-0.3, -0.25) is 4.79 Å². The van der Waals surface area contributed by atoms with E-state index in [1.165, 1.54) is 6.42 Å². The third-order valence-corrected chi connectivity index (χ3v) is 2.65. The number of rotatable bonds is 7. The summed E-state index contributed by atoms with van der Waals surface area (Å²) < 4.78 is 28.1. The number of likely N-dealkylation sites (tertiary alicyclic amines) is 1. The third kappa shape index (κ3) is 6.53. The highest BCUT2D eigenvalue weighted by atomic mass is 19.3. The molecule has 100 valence electrons. The largest absolute Gasteiger partial charge is 0.374 e. The Hall–Kier alpha value is -0.750. The number of nitrogens with zero attached hydrogens (tertiary/aromatic N) is 1. The van der Waals surface area contributed by atoms with E-state index >= 15 is 0 Å². The zero-order valence-corrected chi connectivity index (χ0v) is 9.96. The number of amides is 1. The van der Waals surface area contributed by atoms with Crippen LogP contribution in [0.4, 0.5) is 8.78 Å². The lowest BCUT2D eigenvalue weighted by Gasteiger charge is -2.26. The molecule has 1 N–H and O–H groups in total. The van der Waals surface area contributed by atoms with Gasteiger partial charge in [0, 0.05) is 19.6 Å². The molecule has 0 unspecified atom stereocenters. The lowest BCUT2D eigenvalue weighted by Crippen LogP contribution is -2.41. The molecule has 1 aliphatic heterocycles. The second kappa shape index (κ2) is 8.36. The average molecular weight is 250 g/mol. The molecule has 1 aliphatic rings. The molecule has 1 fully saturated rings. The molecule has 1 amide bonds. The van der Waals surface area contributed by atoms with Gasteiger partial charge in [-0.15, -0.1) is 0 Å². The van der Waals surface area contributed by atoms with Crippen molar-refractivity contribution in [3.63, 3.8) is 0 Å². The minimum absolute atomic E-state index is 0.0820. The average Bonchev–Trinajstić information content (AvgIpc) is 2.34. The molecule has 0 aromatic rings. The Kier molecular flexibility index (Phi) is 7.04. The number of carbonyl (C=O) groups excluding carboxylic acids is 1. The summed E-state index contributed by atoms with van der Waals surface area (Å²) in [6.45, 7) is 2.02. The van der Waals surface area contributed by atoms with Crippen molar-refractivity contribution in [1.29, 1.82) is 0 Å².